The molecular formula is C15H13N3O5S. The summed E-state index contributed by atoms with van der Waals surface area (Å²) < 4.78 is 32.2. The maximum absolute atomic E-state index is 12.4. The number of methoxy groups -OCH3 is 1. The number of carboxylic acids is 1. The first-order chi connectivity index (χ1) is 11.4. The molecule has 8 nitrogen and oxygen atoms in total. The number of carbonyl (C=O) groups is 1. The molecular weight excluding hydrogens is 334 g/mol. The molecule has 2 rings (SSSR count). The van der Waals surface area contributed by atoms with Crippen molar-refractivity contribution in [3.63, 3.8) is 0 Å². The highest BCUT2D eigenvalue weighted by Gasteiger charge is 2.18. The maximum Gasteiger partial charge on any atom is 0.307 e. The van der Waals surface area contributed by atoms with E-state index in [9.17, 15) is 13.2 Å². The number of carboxylic acid groups (broad SMARTS) is 1. The fraction of sp³-hybridized carbons (Fsp3) is 0.133. The number of aromatic nitrogens is 1. The molecule has 0 spiro atoms. The quantitative estimate of drug-likeness (QED) is 0.807. The first-order valence-corrected chi connectivity index (χ1v) is 8.11. The zero-order chi connectivity index (χ0) is 17.7. The van der Waals surface area contributed by atoms with Gasteiger partial charge in [-0.25, -0.2) is 13.4 Å². The lowest BCUT2D eigenvalue weighted by Gasteiger charge is -2.11. The van der Waals surface area contributed by atoms with Gasteiger partial charge in [0.05, 0.1) is 30.3 Å². The van der Waals surface area contributed by atoms with Crippen LogP contribution in [-0.2, 0) is 21.2 Å². The van der Waals surface area contributed by atoms with E-state index < -0.39 is 16.0 Å². The van der Waals surface area contributed by atoms with Crippen molar-refractivity contribution in [2.45, 2.75) is 11.3 Å². The number of nitrogens with one attached hydrogen (secondary N) is 1. The first-order valence-electron chi connectivity index (χ1n) is 6.63. The number of hydrogen-bond acceptors (Lipinski definition) is 6. The van der Waals surface area contributed by atoms with Crippen LogP contribution in [0.3, 0.4) is 0 Å². The molecule has 0 saturated carbocycles. The van der Waals surface area contributed by atoms with Crippen molar-refractivity contribution in [2.75, 3.05) is 11.8 Å². The van der Waals surface area contributed by atoms with E-state index in [0.717, 1.165) is 0 Å². The van der Waals surface area contributed by atoms with Crippen LogP contribution in [-0.4, -0.2) is 31.6 Å². The van der Waals surface area contributed by atoms with Crippen LogP contribution >= 0.6 is 0 Å². The van der Waals surface area contributed by atoms with Crippen LogP contribution in [0.5, 0.6) is 5.75 Å². The second kappa shape index (κ2) is 6.97. The molecule has 0 bridgehead atoms. The topological polar surface area (TPSA) is 129 Å². The lowest BCUT2D eigenvalue weighted by atomic mass is 10.1. The average Bonchev–Trinajstić information content (AvgIpc) is 2.54. The smallest absolute Gasteiger partial charge is 0.307 e. The molecule has 0 amide bonds. The minimum absolute atomic E-state index is 0.107. The number of rotatable bonds is 6. The molecule has 0 saturated heterocycles. The van der Waals surface area contributed by atoms with Crippen LogP contribution in [0.25, 0.3) is 0 Å². The number of hydrogen-bond donors (Lipinski definition) is 2. The lowest BCUT2D eigenvalue weighted by Crippen LogP contribution is -2.14. The predicted molar refractivity (Wildman–Crippen MR) is 84.1 cm³/mol. The highest BCUT2D eigenvalue weighted by molar-refractivity contribution is 7.92. The third-order valence-corrected chi connectivity index (χ3v) is 4.41. The fourth-order valence-corrected chi connectivity index (χ4v) is 3.05. The van der Waals surface area contributed by atoms with E-state index in [1.807, 2.05) is 6.07 Å². The Morgan fingerprint density at radius 3 is 2.67 bits per heavy atom. The second-order valence-corrected chi connectivity index (χ2v) is 6.38. The second-order valence-electron chi connectivity index (χ2n) is 4.69. The van der Waals surface area contributed by atoms with E-state index in [1.165, 1.54) is 43.6 Å². The van der Waals surface area contributed by atoms with Gasteiger partial charge in [-0.15, -0.1) is 0 Å². The Morgan fingerprint density at radius 1 is 1.38 bits per heavy atom. The summed E-state index contributed by atoms with van der Waals surface area (Å²) in [7, 11) is -2.57. The molecule has 1 aromatic heterocycles. The standard InChI is InChI=1S/C15H13N3O5S/c1-23-14-5-4-13(6-10(14)7-15(19)20)24(21,22)18-12-3-2-11(8-16)17-9-12/h2-6,9,18H,7H2,1H3,(H,19,20). The lowest BCUT2D eigenvalue weighted by molar-refractivity contribution is -0.136. The molecule has 2 N–H and O–H groups in total. The van der Waals surface area contributed by atoms with Gasteiger partial charge in [-0.1, -0.05) is 0 Å². The Morgan fingerprint density at radius 2 is 2.12 bits per heavy atom. The number of sulfonamides is 1. The van der Waals surface area contributed by atoms with Crippen molar-refractivity contribution in [3.05, 3.63) is 47.8 Å². The zero-order valence-electron chi connectivity index (χ0n) is 12.6. The minimum atomic E-state index is -3.94. The number of aliphatic carboxylic acids is 1. The summed E-state index contributed by atoms with van der Waals surface area (Å²) in [5.41, 5.74) is 0.585. The molecule has 0 atom stereocenters. The van der Waals surface area contributed by atoms with Gasteiger partial charge in [-0.05, 0) is 30.3 Å². The number of benzene rings is 1. The molecule has 2 aromatic rings. The number of anilines is 1. The first kappa shape index (κ1) is 17.2. The summed E-state index contributed by atoms with van der Waals surface area (Å²) >= 11 is 0. The van der Waals surface area contributed by atoms with Crippen molar-refractivity contribution in [2.24, 2.45) is 0 Å². The minimum Gasteiger partial charge on any atom is -0.496 e. The highest BCUT2D eigenvalue weighted by Crippen LogP contribution is 2.24. The summed E-state index contributed by atoms with van der Waals surface area (Å²) in [6.07, 6.45) is 0.850. The number of pyridine rings is 1. The molecule has 24 heavy (non-hydrogen) atoms. The zero-order valence-corrected chi connectivity index (χ0v) is 13.4. The largest absolute Gasteiger partial charge is 0.496 e. The van der Waals surface area contributed by atoms with E-state index >= 15 is 0 Å². The van der Waals surface area contributed by atoms with Crippen molar-refractivity contribution in [1.82, 2.24) is 4.98 Å². The third kappa shape index (κ3) is 3.99. The van der Waals surface area contributed by atoms with Gasteiger partial charge in [0.25, 0.3) is 10.0 Å². The van der Waals surface area contributed by atoms with Crippen LogP contribution in [0.1, 0.15) is 11.3 Å². The third-order valence-electron chi connectivity index (χ3n) is 3.03. The van der Waals surface area contributed by atoms with E-state index in [2.05, 4.69) is 9.71 Å². The molecule has 0 unspecified atom stereocenters. The fourth-order valence-electron chi connectivity index (χ4n) is 1.96. The molecule has 9 heteroatoms. The van der Waals surface area contributed by atoms with Crippen molar-refractivity contribution < 1.29 is 23.1 Å². The average molecular weight is 347 g/mol. The molecule has 1 heterocycles. The van der Waals surface area contributed by atoms with Crippen LogP contribution < -0.4 is 9.46 Å². The summed E-state index contributed by atoms with van der Waals surface area (Å²) in [6, 6.07) is 8.56. The van der Waals surface area contributed by atoms with Gasteiger partial charge in [-0.3, -0.25) is 9.52 Å². The van der Waals surface area contributed by atoms with Crippen LogP contribution in [0.4, 0.5) is 5.69 Å². The van der Waals surface area contributed by atoms with Gasteiger partial charge in [-0.2, -0.15) is 5.26 Å². The highest BCUT2D eigenvalue weighted by atomic mass is 32.2. The number of nitrogens with zero attached hydrogens (tertiary/aromatic N) is 2. The predicted octanol–water partition coefficient (Wildman–Crippen LogP) is 1.39. The summed E-state index contributed by atoms with van der Waals surface area (Å²) in [4.78, 5) is 14.6. The van der Waals surface area contributed by atoms with Crippen molar-refractivity contribution in [1.29, 1.82) is 5.26 Å². The van der Waals surface area contributed by atoms with Crippen LogP contribution in [0, 0.1) is 11.3 Å². The Labute approximate surface area is 138 Å². The Balaban J connectivity index is 2.34. The SMILES string of the molecule is COc1ccc(S(=O)(=O)Nc2ccc(C#N)nc2)cc1CC(=O)O. The van der Waals surface area contributed by atoms with Crippen molar-refractivity contribution in [3.8, 4) is 11.8 Å². The van der Waals surface area contributed by atoms with E-state index in [4.69, 9.17) is 15.1 Å². The monoisotopic (exact) mass is 347 g/mol. The Hall–Kier alpha value is -3.12. The Kier molecular flexibility index (Phi) is 5.01. The molecule has 0 aliphatic heterocycles. The summed E-state index contributed by atoms with van der Waals surface area (Å²) in [6.45, 7) is 0. The van der Waals surface area contributed by atoms with Gasteiger partial charge >= 0.3 is 5.97 Å². The maximum atomic E-state index is 12.4. The van der Waals surface area contributed by atoms with E-state index in [1.54, 1.807) is 0 Å². The summed E-state index contributed by atoms with van der Waals surface area (Å²) in [5, 5.41) is 17.6. The molecule has 124 valence electrons. The van der Waals surface area contributed by atoms with Gasteiger partial charge in [0.15, 0.2) is 0 Å². The number of ether oxygens (including phenoxy) is 1. The molecule has 0 aliphatic rings. The van der Waals surface area contributed by atoms with Gasteiger partial charge in [0.2, 0.25) is 0 Å². The summed E-state index contributed by atoms with van der Waals surface area (Å²) in [5.74, 6) is -0.816. The molecule has 1 aromatic carbocycles. The van der Waals surface area contributed by atoms with Crippen LogP contribution in [0.2, 0.25) is 0 Å². The van der Waals surface area contributed by atoms with Crippen LogP contribution in [0.15, 0.2) is 41.4 Å². The Bertz CT molecular complexity index is 902. The van der Waals surface area contributed by atoms with Gasteiger partial charge in [0.1, 0.15) is 17.5 Å². The van der Waals surface area contributed by atoms with Crippen molar-refractivity contribution >= 4 is 21.7 Å². The number of nitriles is 1. The molecule has 0 radical (unpaired) electrons. The van der Waals surface area contributed by atoms with E-state index in [0.29, 0.717) is 0 Å². The van der Waals surface area contributed by atoms with Gasteiger partial charge in [0, 0.05) is 5.56 Å². The van der Waals surface area contributed by atoms with Gasteiger partial charge < -0.3 is 9.84 Å². The molecule has 0 fully saturated rings. The normalized spacial score (nSPS) is 10.7. The van der Waals surface area contributed by atoms with E-state index in [-0.39, 0.29) is 34.0 Å². The molecule has 0 aliphatic carbocycles.